The van der Waals surface area contributed by atoms with Gasteiger partial charge in [0.05, 0.1) is 11.0 Å². The Morgan fingerprint density at radius 3 is 2.81 bits per heavy atom. The topological polar surface area (TPSA) is 27.1 Å². The molecule has 21 heavy (non-hydrogen) atoms. The Hall–Kier alpha value is -1.35. The number of para-hydroxylation sites is 2. The van der Waals surface area contributed by atoms with Crippen LogP contribution in [-0.2, 0) is 11.3 Å². The Morgan fingerprint density at radius 1 is 1.19 bits per heavy atom. The Labute approximate surface area is 127 Å². The van der Waals surface area contributed by atoms with Crippen molar-refractivity contribution in [2.75, 3.05) is 13.2 Å². The Kier molecular flexibility index (Phi) is 4.91. The van der Waals surface area contributed by atoms with Gasteiger partial charge in [-0.05, 0) is 38.3 Å². The molecule has 0 saturated heterocycles. The summed E-state index contributed by atoms with van der Waals surface area (Å²) in [5.74, 6) is 1.96. The molecule has 3 heteroatoms. The van der Waals surface area contributed by atoms with Crippen LogP contribution in [0, 0.1) is 0 Å². The average molecular weight is 286 g/mol. The molecule has 0 aliphatic heterocycles. The summed E-state index contributed by atoms with van der Waals surface area (Å²) in [4.78, 5) is 4.96. The predicted octanol–water partition coefficient (Wildman–Crippen LogP) is 4.51. The number of hydrogen-bond donors (Lipinski definition) is 0. The van der Waals surface area contributed by atoms with E-state index in [4.69, 9.17) is 9.72 Å². The number of rotatable bonds is 6. The van der Waals surface area contributed by atoms with Crippen LogP contribution in [0.4, 0.5) is 0 Å². The summed E-state index contributed by atoms with van der Waals surface area (Å²) in [6.07, 6.45) is 7.76. The molecule has 1 saturated carbocycles. The molecule has 3 rings (SSSR count). The van der Waals surface area contributed by atoms with Gasteiger partial charge < -0.3 is 9.30 Å². The summed E-state index contributed by atoms with van der Waals surface area (Å²) in [7, 11) is 0. The Bertz CT molecular complexity index is 570. The first-order chi connectivity index (χ1) is 10.4. The minimum absolute atomic E-state index is 0.651. The molecule has 1 fully saturated rings. The first-order valence-electron chi connectivity index (χ1n) is 8.43. The minimum Gasteiger partial charge on any atom is -0.382 e. The molecule has 1 aliphatic carbocycles. The van der Waals surface area contributed by atoms with Crippen molar-refractivity contribution in [1.29, 1.82) is 0 Å². The number of aromatic nitrogens is 2. The molecule has 114 valence electrons. The van der Waals surface area contributed by atoms with Crippen LogP contribution in [0.3, 0.4) is 0 Å². The van der Waals surface area contributed by atoms with E-state index in [0.29, 0.717) is 5.92 Å². The molecule has 1 aromatic carbocycles. The normalized spacial score (nSPS) is 16.6. The molecule has 1 heterocycles. The second-order valence-corrected chi connectivity index (χ2v) is 6.00. The summed E-state index contributed by atoms with van der Waals surface area (Å²) in [5.41, 5.74) is 2.43. The third kappa shape index (κ3) is 3.29. The van der Waals surface area contributed by atoms with Gasteiger partial charge in [-0.2, -0.15) is 0 Å². The van der Waals surface area contributed by atoms with Crippen molar-refractivity contribution in [1.82, 2.24) is 9.55 Å². The number of benzene rings is 1. The van der Waals surface area contributed by atoms with Crippen LogP contribution >= 0.6 is 0 Å². The lowest BCUT2D eigenvalue weighted by Gasteiger charge is -2.22. The van der Waals surface area contributed by atoms with Crippen molar-refractivity contribution in [2.24, 2.45) is 0 Å². The monoisotopic (exact) mass is 286 g/mol. The number of aryl methyl sites for hydroxylation is 1. The van der Waals surface area contributed by atoms with Crippen molar-refractivity contribution in [2.45, 2.75) is 57.9 Å². The van der Waals surface area contributed by atoms with Gasteiger partial charge in [-0.1, -0.05) is 31.4 Å². The molecular weight excluding hydrogens is 260 g/mol. The van der Waals surface area contributed by atoms with Crippen molar-refractivity contribution >= 4 is 11.0 Å². The highest BCUT2D eigenvalue weighted by Crippen LogP contribution is 2.33. The summed E-state index contributed by atoms with van der Waals surface area (Å²) in [5, 5.41) is 0. The van der Waals surface area contributed by atoms with Crippen LogP contribution in [0.2, 0.25) is 0 Å². The third-order valence-corrected chi connectivity index (χ3v) is 4.53. The van der Waals surface area contributed by atoms with Gasteiger partial charge in [0, 0.05) is 25.7 Å². The van der Waals surface area contributed by atoms with Gasteiger partial charge in [0.25, 0.3) is 0 Å². The minimum atomic E-state index is 0.651. The van der Waals surface area contributed by atoms with E-state index in [-0.39, 0.29) is 0 Å². The lowest BCUT2D eigenvalue weighted by Crippen LogP contribution is -2.13. The molecule has 2 aromatic rings. The van der Waals surface area contributed by atoms with Gasteiger partial charge in [0.2, 0.25) is 0 Å². The number of fused-ring (bicyclic) bond motifs is 1. The van der Waals surface area contributed by atoms with Gasteiger partial charge in [0.1, 0.15) is 5.82 Å². The summed E-state index contributed by atoms with van der Waals surface area (Å²) in [6, 6.07) is 8.55. The van der Waals surface area contributed by atoms with Crippen LogP contribution in [0.25, 0.3) is 11.0 Å². The lowest BCUT2D eigenvalue weighted by molar-refractivity contribution is 0.141. The fourth-order valence-electron chi connectivity index (χ4n) is 3.47. The maximum absolute atomic E-state index is 5.50. The summed E-state index contributed by atoms with van der Waals surface area (Å²) < 4.78 is 7.94. The van der Waals surface area contributed by atoms with Crippen LogP contribution in [0.15, 0.2) is 24.3 Å². The van der Waals surface area contributed by atoms with Gasteiger partial charge in [-0.15, -0.1) is 0 Å². The summed E-state index contributed by atoms with van der Waals surface area (Å²) >= 11 is 0. The fraction of sp³-hybridized carbons (Fsp3) is 0.611. The van der Waals surface area contributed by atoms with Crippen molar-refractivity contribution in [3.8, 4) is 0 Å². The Balaban J connectivity index is 1.86. The smallest absolute Gasteiger partial charge is 0.112 e. The maximum Gasteiger partial charge on any atom is 0.112 e. The number of imidazole rings is 1. The van der Waals surface area contributed by atoms with Crippen molar-refractivity contribution in [3.05, 3.63) is 30.1 Å². The highest BCUT2D eigenvalue weighted by molar-refractivity contribution is 5.76. The maximum atomic E-state index is 5.50. The number of hydrogen-bond acceptors (Lipinski definition) is 2. The first-order valence-corrected chi connectivity index (χ1v) is 8.43. The van der Waals surface area contributed by atoms with E-state index in [1.807, 2.05) is 0 Å². The standard InChI is InChI=1S/C18H26N2O/c1-2-21-14-8-13-20-17-12-7-6-11-16(17)19-18(20)15-9-4-3-5-10-15/h6-7,11-12,15H,2-5,8-10,13-14H2,1H3. The lowest BCUT2D eigenvalue weighted by atomic mass is 9.88. The van der Waals surface area contributed by atoms with E-state index in [1.165, 1.54) is 43.4 Å². The van der Waals surface area contributed by atoms with Gasteiger partial charge in [0.15, 0.2) is 0 Å². The zero-order valence-electron chi connectivity index (χ0n) is 13.1. The van der Waals surface area contributed by atoms with E-state index < -0.39 is 0 Å². The zero-order valence-corrected chi connectivity index (χ0v) is 13.1. The summed E-state index contributed by atoms with van der Waals surface area (Å²) in [6.45, 7) is 4.72. The van der Waals surface area contributed by atoms with Crippen LogP contribution in [0.5, 0.6) is 0 Å². The van der Waals surface area contributed by atoms with Gasteiger partial charge in [-0.25, -0.2) is 4.98 Å². The first kappa shape index (κ1) is 14.6. The van der Waals surface area contributed by atoms with E-state index in [0.717, 1.165) is 31.7 Å². The number of ether oxygens (including phenoxy) is 1. The van der Waals surface area contributed by atoms with E-state index in [2.05, 4.69) is 35.8 Å². The number of nitrogens with zero attached hydrogens (tertiary/aromatic N) is 2. The second-order valence-electron chi connectivity index (χ2n) is 6.00. The van der Waals surface area contributed by atoms with E-state index in [1.54, 1.807) is 0 Å². The molecule has 0 N–H and O–H groups in total. The zero-order chi connectivity index (χ0) is 14.5. The molecular formula is C18H26N2O. The Morgan fingerprint density at radius 2 is 2.00 bits per heavy atom. The molecule has 0 bridgehead atoms. The molecule has 0 radical (unpaired) electrons. The molecule has 1 aromatic heterocycles. The van der Waals surface area contributed by atoms with E-state index >= 15 is 0 Å². The van der Waals surface area contributed by atoms with Gasteiger partial charge >= 0.3 is 0 Å². The third-order valence-electron chi connectivity index (χ3n) is 4.53. The highest BCUT2D eigenvalue weighted by atomic mass is 16.5. The van der Waals surface area contributed by atoms with Crippen LogP contribution in [-0.4, -0.2) is 22.8 Å². The second kappa shape index (κ2) is 7.08. The largest absolute Gasteiger partial charge is 0.382 e. The van der Waals surface area contributed by atoms with E-state index in [9.17, 15) is 0 Å². The van der Waals surface area contributed by atoms with Crippen LogP contribution in [0.1, 0.15) is 57.2 Å². The van der Waals surface area contributed by atoms with Crippen LogP contribution < -0.4 is 0 Å². The molecule has 0 spiro atoms. The highest BCUT2D eigenvalue weighted by Gasteiger charge is 2.22. The molecule has 3 nitrogen and oxygen atoms in total. The fourth-order valence-corrected chi connectivity index (χ4v) is 3.47. The molecule has 0 amide bonds. The molecule has 1 aliphatic rings. The average Bonchev–Trinajstić information content (AvgIpc) is 2.91. The molecule has 0 atom stereocenters. The SMILES string of the molecule is CCOCCCn1c(C2CCCCC2)nc2ccccc21. The predicted molar refractivity (Wildman–Crippen MR) is 86.7 cm³/mol. The molecule has 0 unspecified atom stereocenters. The quantitative estimate of drug-likeness (QED) is 0.730. The van der Waals surface area contributed by atoms with Crippen molar-refractivity contribution < 1.29 is 4.74 Å². The van der Waals surface area contributed by atoms with Gasteiger partial charge in [-0.3, -0.25) is 0 Å². The van der Waals surface area contributed by atoms with Crippen molar-refractivity contribution in [3.63, 3.8) is 0 Å².